The molecular weight excluding hydrogens is 204 g/mol. The Balaban J connectivity index is 1.84. The van der Waals surface area contributed by atoms with Crippen molar-refractivity contribution in [1.82, 2.24) is 4.90 Å². The van der Waals surface area contributed by atoms with Crippen molar-refractivity contribution < 1.29 is 9.90 Å². The number of aliphatic hydroxyl groups is 1. The molecule has 2 unspecified atom stereocenters. The Kier molecular flexibility index (Phi) is 2.97. The zero-order valence-corrected chi connectivity index (χ0v) is 10.1. The molecule has 0 bridgehead atoms. The largest absolute Gasteiger partial charge is 0.386 e. The number of nitrogens with zero attached hydrogens (tertiary/aromatic N) is 1. The van der Waals surface area contributed by atoms with Crippen molar-refractivity contribution in [2.45, 2.75) is 44.8 Å². The molecule has 0 aromatic heterocycles. The highest BCUT2D eigenvalue weighted by atomic mass is 16.3. The van der Waals surface area contributed by atoms with Crippen molar-refractivity contribution in [3.05, 3.63) is 0 Å². The van der Waals surface area contributed by atoms with Gasteiger partial charge in [0, 0.05) is 0 Å². The number of nitrogens with two attached hydrogens (primary N) is 1. The van der Waals surface area contributed by atoms with Gasteiger partial charge >= 0.3 is 0 Å². The van der Waals surface area contributed by atoms with Crippen LogP contribution in [0.2, 0.25) is 0 Å². The molecule has 0 spiro atoms. The third-order valence-corrected chi connectivity index (χ3v) is 4.12. The fourth-order valence-electron chi connectivity index (χ4n) is 2.36. The molecule has 0 aromatic rings. The first kappa shape index (κ1) is 11.9. The van der Waals surface area contributed by atoms with Crippen LogP contribution in [0.4, 0.5) is 0 Å². The lowest BCUT2D eigenvalue weighted by Gasteiger charge is -2.48. The second kappa shape index (κ2) is 4.00. The number of carbonyl (C=O) groups excluding carboxylic acids is 1. The molecule has 0 radical (unpaired) electrons. The highest BCUT2D eigenvalue weighted by Crippen LogP contribution is 2.44. The lowest BCUT2D eigenvalue weighted by Crippen LogP contribution is -2.67. The van der Waals surface area contributed by atoms with Crippen LogP contribution in [0.1, 0.15) is 33.1 Å². The molecule has 4 nitrogen and oxygen atoms in total. The Bertz CT molecular complexity index is 283. The van der Waals surface area contributed by atoms with Crippen molar-refractivity contribution in [2.24, 2.45) is 17.6 Å². The van der Waals surface area contributed by atoms with E-state index in [0.717, 1.165) is 19.3 Å². The number of β-amino-alcohol motifs (C(OH)–C–C–N with tert-alkyl or cyclic N) is 1. The summed E-state index contributed by atoms with van der Waals surface area (Å²) >= 11 is 0. The molecule has 3 N–H and O–H groups in total. The fourth-order valence-corrected chi connectivity index (χ4v) is 2.36. The van der Waals surface area contributed by atoms with Gasteiger partial charge in [-0.25, -0.2) is 0 Å². The Labute approximate surface area is 96.8 Å². The summed E-state index contributed by atoms with van der Waals surface area (Å²) in [6, 6.07) is -0.409. The Morgan fingerprint density at radius 3 is 2.56 bits per heavy atom. The van der Waals surface area contributed by atoms with E-state index in [4.69, 9.17) is 5.73 Å². The molecule has 92 valence electrons. The number of amides is 1. The van der Waals surface area contributed by atoms with Crippen LogP contribution in [0.5, 0.6) is 0 Å². The van der Waals surface area contributed by atoms with E-state index >= 15 is 0 Å². The third-order valence-electron chi connectivity index (χ3n) is 4.12. The normalized spacial score (nSPS) is 27.1. The highest BCUT2D eigenvalue weighted by Gasteiger charge is 2.53. The molecule has 2 fully saturated rings. The molecule has 1 saturated carbocycles. The van der Waals surface area contributed by atoms with E-state index in [0.29, 0.717) is 19.0 Å². The Morgan fingerprint density at radius 2 is 2.12 bits per heavy atom. The van der Waals surface area contributed by atoms with Crippen molar-refractivity contribution >= 4 is 5.91 Å². The molecule has 16 heavy (non-hydrogen) atoms. The quantitative estimate of drug-likeness (QED) is 0.726. The van der Waals surface area contributed by atoms with Gasteiger partial charge in [0.15, 0.2) is 0 Å². The minimum atomic E-state index is -0.592. The summed E-state index contributed by atoms with van der Waals surface area (Å²) in [7, 11) is 0. The second-order valence-corrected chi connectivity index (χ2v) is 5.48. The maximum absolute atomic E-state index is 11.9. The van der Waals surface area contributed by atoms with Crippen LogP contribution in [0.15, 0.2) is 0 Å². The Hall–Kier alpha value is -0.610. The molecule has 1 amide bonds. The zero-order chi connectivity index (χ0) is 11.9. The smallest absolute Gasteiger partial charge is 0.239 e. The van der Waals surface area contributed by atoms with Gasteiger partial charge in [0.1, 0.15) is 5.60 Å². The molecule has 4 heteroatoms. The summed E-state index contributed by atoms with van der Waals surface area (Å²) < 4.78 is 0. The van der Waals surface area contributed by atoms with Crippen LogP contribution in [0, 0.1) is 11.8 Å². The lowest BCUT2D eigenvalue weighted by molar-refractivity contribution is -0.161. The summed E-state index contributed by atoms with van der Waals surface area (Å²) in [6.45, 7) is 5.01. The van der Waals surface area contributed by atoms with Gasteiger partial charge in [-0.2, -0.15) is 0 Å². The van der Waals surface area contributed by atoms with Gasteiger partial charge in [-0.3, -0.25) is 4.79 Å². The van der Waals surface area contributed by atoms with Crippen molar-refractivity contribution in [2.75, 3.05) is 13.1 Å². The number of likely N-dealkylation sites (tertiary alicyclic amines) is 1. The van der Waals surface area contributed by atoms with Crippen LogP contribution in [0.25, 0.3) is 0 Å². The van der Waals surface area contributed by atoms with Gasteiger partial charge in [0.2, 0.25) is 5.91 Å². The molecule has 2 rings (SSSR count). The van der Waals surface area contributed by atoms with Crippen molar-refractivity contribution in [1.29, 1.82) is 0 Å². The van der Waals surface area contributed by atoms with E-state index in [2.05, 4.69) is 0 Å². The molecule has 1 aliphatic heterocycles. The maximum atomic E-state index is 11.9. The first-order valence-corrected chi connectivity index (χ1v) is 6.24. The number of rotatable bonds is 4. The predicted octanol–water partition coefficient (Wildman–Crippen LogP) is 0.343. The average molecular weight is 226 g/mol. The van der Waals surface area contributed by atoms with Crippen LogP contribution in [-0.4, -0.2) is 40.6 Å². The first-order valence-electron chi connectivity index (χ1n) is 6.24. The molecule has 1 heterocycles. The van der Waals surface area contributed by atoms with E-state index in [1.54, 1.807) is 4.90 Å². The number of hydrogen-bond donors (Lipinski definition) is 2. The van der Waals surface area contributed by atoms with Gasteiger partial charge in [0.05, 0.1) is 19.1 Å². The van der Waals surface area contributed by atoms with E-state index in [9.17, 15) is 9.90 Å². The predicted molar refractivity (Wildman–Crippen MR) is 61.7 cm³/mol. The minimum absolute atomic E-state index is 0.000301. The fraction of sp³-hybridized carbons (Fsp3) is 0.917. The summed E-state index contributed by atoms with van der Waals surface area (Å²) in [5, 5.41) is 10.1. The van der Waals surface area contributed by atoms with E-state index in [1.165, 1.54) is 0 Å². The standard InChI is InChI=1S/C12H22N2O2/c1-3-8(2)10(13)11(15)14-6-12(16,7-14)9-4-5-9/h8-10,16H,3-7,13H2,1-2H3. The Morgan fingerprint density at radius 1 is 1.56 bits per heavy atom. The summed E-state index contributed by atoms with van der Waals surface area (Å²) in [4.78, 5) is 13.6. The number of carbonyl (C=O) groups is 1. The highest BCUT2D eigenvalue weighted by molar-refractivity contribution is 5.83. The van der Waals surface area contributed by atoms with Crippen LogP contribution in [-0.2, 0) is 4.79 Å². The molecule has 2 atom stereocenters. The molecule has 2 aliphatic rings. The SMILES string of the molecule is CCC(C)C(N)C(=O)N1CC(O)(C2CC2)C1. The average Bonchev–Trinajstić information content (AvgIpc) is 3.05. The zero-order valence-electron chi connectivity index (χ0n) is 10.1. The van der Waals surface area contributed by atoms with E-state index in [1.807, 2.05) is 13.8 Å². The van der Waals surface area contributed by atoms with E-state index in [-0.39, 0.29) is 11.8 Å². The minimum Gasteiger partial charge on any atom is -0.386 e. The van der Waals surface area contributed by atoms with Crippen LogP contribution >= 0.6 is 0 Å². The van der Waals surface area contributed by atoms with Crippen molar-refractivity contribution in [3.63, 3.8) is 0 Å². The molecule has 1 aliphatic carbocycles. The van der Waals surface area contributed by atoms with Gasteiger partial charge < -0.3 is 15.7 Å². The third kappa shape index (κ3) is 1.96. The number of hydrogen-bond acceptors (Lipinski definition) is 3. The van der Waals surface area contributed by atoms with Gasteiger partial charge in [-0.15, -0.1) is 0 Å². The first-order chi connectivity index (χ1) is 7.48. The molecule has 0 aromatic carbocycles. The van der Waals surface area contributed by atoms with Gasteiger partial charge in [-0.05, 0) is 24.7 Å². The monoisotopic (exact) mass is 226 g/mol. The lowest BCUT2D eigenvalue weighted by atomic mass is 9.87. The summed E-state index contributed by atoms with van der Waals surface area (Å²) in [5.74, 6) is 0.637. The maximum Gasteiger partial charge on any atom is 0.239 e. The topological polar surface area (TPSA) is 66.6 Å². The van der Waals surface area contributed by atoms with E-state index < -0.39 is 11.6 Å². The summed E-state index contributed by atoms with van der Waals surface area (Å²) in [5.41, 5.74) is 5.30. The van der Waals surface area contributed by atoms with Gasteiger partial charge in [0.25, 0.3) is 0 Å². The summed E-state index contributed by atoms with van der Waals surface area (Å²) in [6.07, 6.45) is 3.12. The molecular formula is C12H22N2O2. The second-order valence-electron chi connectivity index (χ2n) is 5.48. The van der Waals surface area contributed by atoms with Crippen molar-refractivity contribution in [3.8, 4) is 0 Å². The molecule has 1 saturated heterocycles. The van der Waals surface area contributed by atoms with Gasteiger partial charge in [-0.1, -0.05) is 20.3 Å². The van der Waals surface area contributed by atoms with Crippen LogP contribution in [0.3, 0.4) is 0 Å². The van der Waals surface area contributed by atoms with Crippen LogP contribution < -0.4 is 5.73 Å².